The monoisotopic (exact) mass is 422 g/mol. The zero-order valence-electron chi connectivity index (χ0n) is 16.8. The van der Waals surface area contributed by atoms with Crippen molar-refractivity contribution in [2.75, 3.05) is 13.2 Å². The Hall–Kier alpha value is 0.640. The van der Waals surface area contributed by atoms with Gasteiger partial charge in [-0.2, -0.15) is 0 Å². The van der Waals surface area contributed by atoms with E-state index in [-0.39, 0.29) is 37.7 Å². The van der Waals surface area contributed by atoms with Crippen molar-refractivity contribution >= 4 is 51.7 Å². The van der Waals surface area contributed by atoms with Crippen LogP contribution in [0.3, 0.4) is 0 Å². The molecule has 7 nitrogen and oxygen atoms in total. The first kappa shape index (κ1) is 31.3. The molecule has 1 N–H and O–H groups in total. The maximum Gasteiger partial charge on any atom is 2.00 e. The minimum atomic E-state index is -3.89. The third kappa shape index (κ3) is 22.7. The molecule has 0 rings (SSSR count). The van der Waals surface area contributed by atoms with Crippen molar-refractivity contribution in [3.8, 4) is 0 Å². The van der Waals surface area contributed by atoms with Crippen molar-refractivity contribution in [3.05, 3.63) is 0 Å². The smallest absolute Gasteiger partial charge is 0.652 e. The SMILES string of the molecule is CCCCC(CC)COP(=O)(O)OCC(CC)CCCC.O=C([O-])[O-].[Ca+2]. The Morgan fingerprint density at radius 1 is 0.923 bits per heavy atom. The summed E-state index contributed by atoms with van der Waals surface area (Å²) in [6, 6.07) is 0. The summed E-state index contributed by atoms with van der Waals surface area (Å²) in [4.78, 5) is 18.1. The summed E-state index contributed by atoms with van der Waals surface area (Å²) < 4.78 is 22.2. The summed E-state index contributed by atoms with van der Waals surface area (Å²) in [5.74, 6) is 0.687. The first-order valence-electron chi connectivity index (χ1n) is 9.22. The molecule has 9 heteroatoms. The Kier molecular flexibility index (Phi) is 24.6. The third-order valence-electron chi connectivity index (χ3n) is 4.03. The van der Waals surface area contributed by atoms with Gasteiger partial charge in [-0.15, -0.1) is 0 Å². The standard InChI is InChI=1S/C16H35O4P.CH2O3.Ca/c1-5-9-11-15(7-3)13-19-21(17,18)20-14-16(8-4)12-10-6-2;2-1(3)4;/h15-16H,5-14H2,1-4H3,(H,17,18);(H2,2,3,4);/q;;+2/p-2. The molecule has 0 aliphatic rings. The second-order valence-corrected chi connectivity index (χ2v) is 7.60. The van der Waals surface area contributed by atoms with Crippen LogP contribution in [0, 0.1) is 11.8 Å². The maximum absolute atomic E-state index is 11.9. The third-order valence-corrected chi connectivity index (χ3v) is 4.98. The molecule has 0 aliphatic heterocycles. The molecule has 0 radical (unpaired) electrons. The fourth-order valence-electron chi connectivity index (χ4n) is 2.23. The van der Waals surface area contributed by atoms with Crippen LogP contribution in [0.1, 0.15) is 79.1 Å². The van der Waals surface area contributed by atoms with Gasteiger partial charge < -0.3 is 19.9 Å². The van der Waals surface area contributed by atoms with Crippen molar-refractivity contribution in [1.82, 2.24) is 0 Å². The zero-order chi connectivity index (χ0) is 19.7. The molecule has 0 amide bonds. The number of hydrogen-bond acceptors (Lipinski definition) is 6. The molecule has 0 spiro atoms. The summed E-state index contributed by atoms with van der Waals surface area (Å²) in [6.45, 7) is 9.10. The maximum atomic E-state index is 11.9. The summed E-state index contributed by atoms with van der Waals surface area (Å²) in [5, 5.41) is 16.7. The quantitative estimate of drug-likeness (QED) is 0.338. The van der Waals surface area contributed by atoms with Crippen LogP contribution >= 0.6 is 7.82 Å². The van der Waals surface area contributed by atoms with E-state index in [0.717, 1.165) is 51.4 Å². The van der Waals surface area contributed by atoms with Gasteiger partial charge in [-0.25, -0.2) is 4.57 Å². The first-order valence-corrected chi connectivity index (χ1v) is 10.7. The predicted octanol–water partition coefficient (Wildman–Crippen LogP) is 2.73. The average molecular weight is 423 g/mol. The number of carbonyl (C=O) groups excluding carboxylic acids is 1. The Morgan fingerprint density at radius 2 is 1.23 bits per heavy atom. The Labute approximate surface area is 188 Å². The van der Waals surface area contributed by atoms with Crippen LogP contribution in [-0.4, -0.2) is 62.0 Å². The normalized spacial score (nSPS) is 15.0. The van der Waals surface area contributed by atoms with E-state index in [4.69, 9.17) is 24.1 Å². The van der Waals surface area contributed by atoms with Crippen molar-refractivity contribution < 1.29 is 33.5 Å². The molecular weight excluding hydrogens is 387 g/mol. The van der Waals surface area contributed by atoms with E-state index in [9.17, 15) is 9.46 Å². The Bertz CT molecular complexity index is 341. The first-order chi connectivity index (χ1) is 11.7. The van der Waals surface area contributed by atoms with Crippen LogP contribution in [0.25, 0.3) is 0 Å². The van der Waals surface area contributed by atoms with Crippen LogP contribution in [-0.2, 0) is 13.6 Å². The van der Waals surface area contributed by atoms with Crippen LogP contribution in [0.4, 0.5) is 4.79 Å². The molecule has 0 saturated heterocycles. The number of unbranched alkanes of at least 4 members (excludes halogenated alkanes) is 2. The molecule has 0 bridgehead atoms. The second kappa shape index (κ2) is 20.4. The van der Waals surface area contributed by atoms with Crippen LogP contribution in [0.5, 0.6) is 0 Å². The van der Waals surface area contributed by atoms with Gasteiger partial charge in [0.2, 0.25) is 0 Å². The summed E-state index contributed by atoms with van der Waals surface area (Å²) in [5.41, 5.74) is 0. The molecule has 0 saturated carbocycles. The van der Waals surface area contributed by atoms with E-state index in [0.29, 0.717) is 25.0 Å². The largest absolute Gasteiger partial charge is 2.00 e. The molecule has 0 heterocycles. The van der Waals surface area contributed by atoms with E-state index < -0.39 is 14.0 Å². The molecular formula is C17H35CaO7P. The van der Waals surface area contributed by atoms with E-state index in [1.165, 1.54) is 0 Å². The van der Waals surface area contributed by atoms with Crippen LogP contribution in [0.2, 0.25) is 0 Å². The van der Waals surface area contributed by atoms with E-state index in [1.807, 2.05) is 0 Å². The predicted molar refractivity (Wildman–Crippen MR) is 99.5 cm³/mol. The number of carboxylic acid groups (broad SMARTS) is 2. The van der Waals surface area contributed by atoms with Crippen LogP contribution < -0.4 is 10.2 Å². The molecule has 0 aromatic heterocycles. The molecule has 152 valence electrons. The van der Waals surface area contributed by atoms with E-state index >= 15 is 0 Å². The van der Waals surface area contributed by atoms with E-state index in [1.54, 1.807) is 0 Å². The van der Waals surface area contributed by atoms with Gasteiger partial charge in [0.15, 0.2) is 0 Å². The van der Waals surface area contributed by atoms with Crippen molar-refractivity contribution in [1.29, 1.82) is 0 Å². The fourth-order valence-corrected chi connectivity index (χ4v) is 3.11. The fraction of sp³-hybridized carbons (Fsp3) is 0.941. The molecule has 26 heavy (non-hydrogen) atoms. The van der Waals surface area contributed by atoms with Gasteiger partial charge >= 0.3 is 45.6 Å². The van der Waals surface area contributed by atoms with Gasteiger partial charge in [-0.1, -0.05) is 66.2 Å². The summed E-state index contributed by atoms with van der Waals surface area (Å²) >= 11 is 0. The Morgan fingerprint density at radius 3 is 1.46 bits per heavy atom. The van der Waals surface area contributed by atoms with Gasteiger partial charge in [0.25, 0.3) is 0 Å². The molecule has 0 aromatic rings. The summed E-state index contributed by atoms with van der Waals surface area (Å²) in [7, 11) is -3.89. The number of phosphoric ester groups is 1. The molecule has 0 aromatic carbocycles. The van der Waals surface area contributed by atoms with E-state index in [2.05, 4.69) is 27.7 Å². The summed E-state index contributed by atoms with van der Waals surface area (Å²) in [6.07, 6.45) is 6.23. The van der Waals surface area contributed by atoms with Crippen molar-refractivity contribution in [2.45, 2.75) is 79.1 Å². The topological polar surface area (TPSA) is 119 Å². The number of hydrogen-bond donors (Lipinski definition) is 1. The van der Waals surface area contributed by atoms with Crippen molar-refractivity contribution in [2.24, 2.45) is 11.8 Å². The number of phosphoric acid groups is 1. The molecule has 0 fully saturated rings. The van der Waals surface area contributed by atoms with Gasteiger partial charge in [-0.05, 0) is 30.8 Å². The van der Waals surface area contributed by atoms with Gasteiger partial charge in [0.05, 0.1) is 13.2 Å². The minimum absolute atomic E-state index is 0. The zero-order valence-corrected chi connectivity index (χ0v) is 19.9. The minimum Gasteiger partial charge on any atom is -0.652 e. The number of carbonyl (C=O) groups is 1. The molecule has 2 unspecified atom stereocenters. The molecule has 2 atom stereocenters. The number of rotatable bonds is 14. The molecule has 0 aliphatic carbocycles. The van der Waals surface area contributed by atoms with Gasteiger partial charge in [0, 0.05) is 0 Å². The average Bonchev–Trinajstić information content (AvgIpc) is 2.54. The van der Waals surface area contributed by atoms with Crippen LogP contribution in [0.15, 0.2) is 0 Å². The second-order valence-electron chi connectivity index (χ2n) is 6.14. The van der Waals surface area contributed by atoms with Gasteiger partial charge in [0.1, 0.15) is 0 Å². The van der Waals surface area contributed by atoms with Crippen molar-refractivity contribution in [3.63, 3.8) is 0 Å². The van der Waals surface area contributed by atoms with Gasteiger partial charge in [-0.3, -0.25) is 9.05 Å². The Balaban J connectivity index is -0.000000951.